The number of hydrazine groups is 1. The highest BCUT2D eigenvalue weighted by Gasteiger charge is 2.36. The molecule has 1 heterocycles. The molecule has 2 aromatic rings. The number of halogens is 1. The van der Waals surface area contributed by atoms with Gasteiger partial charge in [0.05, 0.1) is 29.7 Å². The Kier molecular flexibility index (Phi) is 6.17. The third-order valence-corrected chi connectivity index (χ3v) is 4.82. The number of nitro benzene ring substituents is 1. The Morgan fingerprint density at radius 1 is 1.20 bits per heavy atom. The fourth-order valence-corrected chi connectivity index (χ4v) is 3.14. The van der Waals surface area contributed by atoms with Crippen LogP contribution in [0.25, 0.3) is 0 Å². The van der Waals surface area contributed by atoms with Gasteiger partial charge in [-0.05, 0) is 30.3 Å². The Labute approximate surface area is 175 Å². The van der Waals surface area contributed by atoms with Gasteiger partial charge in [0.25, 0.3) is 11.6 Å². The molecule has 1 atom stereocenters. The Morgan fingerprint density at radius 3 is 2.53 bits per heavy atom. The zero-order valence-electron chi connectivity index (χ0n) is 15.8. The van der Waals surface area contributed by atoms with Crippen LogP contribution in [0.4, 0.5) is 11.4 Å². The van der Waals surface area contributed by atoms with Gasteiger partial charge in [-0.1, -0.05) is 11.6 Å². The molecule has 1 saturated heterocycles. The number of rotatable bonds is 5. The Hall–Kier alpha value is -3.66. The molecule has 0 unspecified atom stereocenters. The van der Waals surface area contributed by atoms with Gasteiger partial charge in [-0.15, -0.1) is 0 Å². The summed E-state index contributed by atoms with van der Waals surface area (Å²) in [4.78, 5) is 48.6. The highest BCUT2D eigenvalue weighted by Crippen LogP contribution is 2.35. The number of benzene rings is 2. The molecule has 3 amide bonds. The Bertz CT molecular complexity index is 1010. The zero-order chi connectivity index (χ0) is 21.8. The van der Waals surface area contributed by atoms with Crippen LogP contribution in [0.5, 0.6) is 5.75 Å². The van der Waals surface area contributed by atoms with Gasteiger partial charge in [-0.2, -0.15) is 0 Å². The second-order valence-electron chi connectivity index (χ2n) is 6.47. The van der Waals surface area contributed by atoms with E-state index in [2.05, 4.69) is 10.9 Å². The number of anilines is 1. The SMILES string of the molecule is COc1cc([N+](=O)[O-])ccc1N1C[C@@H](C(=O)NNC(=O)c2ccc(Cl)cc2)CC1=O. The number of ether oxygens (including phenoxy) is 1. The van der Waals surface area contributed by atoms with Crippen LogP contribution < -0.4 is 20.5 Å². The molecule has 0 saturated carbocycles. The number of methoxy groups -OCH3 is 1. The number of amides is 3. The van der Waals surface area contributed by atoms with Gasteiger partial charge in [0, 0.05) is 29.6 Å². The van der Waals surface area contributed by atoms with E-state index in [-0.39, 0.29) is 30.3 Å². The summed E-state index contributed by atoms with van der Waals surface area (Å²) in [6.45, 7) is 0.0374. The summed E-state index contributed by atoms with van der Waals surface area (Å²) >= 11 is 5.77. The molecule has 0 aromatic heterocycles. The number of nitrogens with one attached hydrogen (secondary N) is 2. The molecule has 3 rings (SSSR count). The van der Waals surface area contributed by atoms with Crippen LogP contribution >= 0.6 is 11.6 Å². The molecular formula is C19H17ClN4O6. The molecule has 11 heteroatoms. The summed E-state index contributed by atoms with van der Waals surface area (Å²) in [6.07, 6.45) is -0.0806. The van der Waals surface area contributed by atoms with Crippen molar-refractivity contribution in [2.75, 3.05) is 18.6 Å². The molecule has 0 bridgehead atoms. The van der Waals surface area contributed by atoms with E-state index in [1.165, 1.54) is 42.3 Å². The van der Waals surface area contributed by atoms with Crippen LogP contribution in [0.2, 0.25) is 5.02 Å². The maximum absolute atomic E-state index is 12.4. The van der Waals surface area contributed by atoms with Gasteiger partial charge in [-0.3, -0.25) is 35.3 Å². The number of carbonyl (C=O) groups is 3. The molecule has 156 valence electrons. The van der Waals surface area contributed by atoms with Crippen LogP contribution in [0, 0.1) is 16.0 Å². The van der Waals surface area contributed by atoms with Crippen molar-refractivity contribution in [2.45, 2.75) is 6.42 Å². The highest BCUT2D eigenvalue weighted by molar-refractivity contribution is 6.30. The fourth-order valence-electron chi connectivity index (χ4n) is 3.01. The average molecular weight is 433 g/mol. The second-order valence-corrected chi connectivity index (χ2v) is 6.91. The lowest BCUT2D eigenvalue weighted by Crippen LogP contribution is -2.45. The monoisotopic (exact) mass is 432 g/mol. The normalized spacial score (nSPS) is 15.6. The number of carbonyl (C=O) groups excluding carboxylic acids is 3. The largest absolute Gasteiger partial charge is 0.494 e. The van der Waals surface area contributed by atoms with Crippen molar-refractivity contribution >= 4 is 40.7 Å². The van der Waals surface area contributed by atoms with E-state index in [1.54, 1.807) is 12.1 Å². The van der Waals surface area contributed by atoms with Crippen LogP contribution in [-0.4, -0.2) is 36.3 Å². The van der Waals surface area contributed by atoms with Crippen LogP contribution in [0.3, 0.4) is 0 Å². The quantitative estimate of drug-likeness (QED) is 0.549. The van der Waals surface area contributed by atoms with Gasteiger partial charge in [-0.25, -0.2) is 0 Å². The summed E-state index contributed by atoms with van der Waals surface area (Å²) in [5.74, 6) is -1.98. The minimum absolute atomic E-state index is 0.0374. The zero-order valence-corrected chi connectivity index (χ0v) is 16.5. The van der Waals surface area contributed by atoms with Crippen LogP contribution in [0.1, 0.15) is 16.8 Å². The number of hydrogen-bond donors (Lipinski definition) is 2. The number of nitrogens with zero attached hydrogens (tertiary/aromatic N) is 2. The molecule has 1 fully saturated rings. The van der Waals surface area contributed by atoms with Gasteiger partial charge in [0.2, 0.25) is 11.8 Å². The summed E-state index contributed by atoms with van der Waals surface area (Å²) in [5, 5.41) is 11.4. The van der Waals surface area contributed by atoms with Gasteiger partial charge >= 0.3 is 0 Å². The molecule has 0 aliphatic carbocycles. The summed E-state index contributed by atoms with van der Waals surface area (Å²) < 4.78 is 5.16. The van der Waals surface area contributed by atoms with Crippen molar-refractivity contribution in [3.8, 4) is 5.75 Å². The lowest BCUT2D eigenvalue weighted by molar-refractivity contribution is -0.384. The van der Waals surface area contributed by atoms with E-state index in [1.807, 2.05) is 0 Å². The maximum atomic E-state index is 12.4. The molecule has 1 aliphatic rings. The molecule has 2 aromatic carbocycles. The van der Waals surface area contributed by atoms with Crippen molar-refractivity contribution in [2.24, 2.45) is 5.92 Å². The highest BCUT2D eigenvalue weighted by atomic mass is 35.5. The van der Waals surface area contributed by atoms with E-state index < -0.39 is 22.7 Å². The van der Waals surface area contributed by atoms with Crippen LogP contribution in [0.15, 0.2) is 42.5 Å². The fraction of sp³-hybridized carbons (Fsp3) is 0.211. The topological polar surface area (TPSA) is 131 Å². The molecule has 0 radical (unpaired) electrons. The molecular weight excluding hydrogens is 416 g/mol. The molecule has 0 spiro atoms. The van der Waals surface area contributed by atoms with Crippen molar-refractivity contribution in [3.05, 3.63) is 63.2 Å². The summed E-state index contributed by atoms with van der Waals surface area (Å²) in [5.41, 5.74) is 5.06. The smallest absolute Gasteiger partial charge is 0.273 e. The van der Waals surface area contributed by atoms with E-state index in [0.29, 0.717) is 16.3 Å². The molecule has 30 heavy (non-hydrogen) atoms. The van der Waals surface area contributed by atoms with E-state index in [0.717, 1.165) is 0 Å². The summed E-state index contributed by atoms with van der Waals surface area (Å²) in [7, 11) is 1.33. The summed E-state index contributed by atoms with van der Waals surface area (Å²) in [6, 6.07) is 9.97. The van der Waals surface area contributed by atoms with Crippen molar-refractivity contribution in [3.63, 3.8) is 0 Å². The Morgan fingerprint density at radius 2 is 1.90 bits per heavy atom. The number of non-ortho nitro benzene ring substituents is 1. The number of hydrogen-bond acceptors (Lipinski definition) is 6. The first-order valence-electron chi connectivity index (χ1n) is 8.78. The van der Waals surface area contributed by atoms with E-state index >= 15 is 0 Å². The first-order chi connectivity index (χ1) is 14.3. The van der Waals surface area contributed by atoms with Crippen LogP contribution in [-0.2, 0) is 9.59 Å². The van der Waals surface area contributed by atoms with Gasteiger partial charge < -0.3 is 9.64 Å². The third-order valence-electron chi connectivity index (χ3n) is 4.57. The van der Waals surface area contributed by atoms with Gasteiger partial charge in [0.15, 0.2) is 0 Å². The number of nitro groups is 1. The minimum Gasteiger partial charge on any atom is -0.494 e. The third kappa shape index (κ3) is 4.49. The lowest BCUT2D eigenvalue weighted by Gasteiger charge is -2.19. The standard InChI is InChI=1S/C19H17ClN4O6/c1-30-16-9-14(24(28)29)6-7-15(16)23-10-12(8-17(23)25)19(27)22-21-18(26)11-2-4-13(20)5-3-11/h2-7,9,12H,8,10H2,1H3,(H,21,26)(H,22,27)/t12-/m0/s1. The minimum atomic E-state index is -0.720. The maximum Gasteiger partial charge on any atom is 0.273 e. The van der Waals surface area contributed by atoms with Crippen molar-refractivity contribution < 1.29 is 24.0 Å². The molecule has 2 N–H and O–H groups in total. The predicted octanol–water partition coefficient (Wildman–Crippen LogP) is 2.07. The lowest BCUT2D eigenvalue weighted by atomic mass is 10.1. The van der Waals surface area contributed by atoms with Crippen molar-refractivity contribution in [1.82, 2.24) is 10.9 Å². The van der Waals surface area contributed by atoms with Crippen molar-refractivity contribution in [1.29, 1.82) is 0 Å². The predicted molar refractivity (Wildman–Crippen MR) is 107 cm³/mol. The molecule has 10 nitrogen and oxygen atoms in total. The first-order valence-corrected chi connectivity index (χ1v) is 9.16. The molecule has 1 aliphatic heterocycles. The average Bonchev–Trinajstić information content (AvgIpc) is 3.13. The first kappa shape index (κ1) is 21.1. The second kappa shape index (κ2) is 8.78. The van der Waals surface area contributed by atoms with E-state index in [4.69, 9.17) is 16.3 Å². The van der Waals surface area contributed by atoms with E-state index in [9.17, 15) is 24.5 Å². The Balaban J connectivity index is 1.65. The van der Waals surface area contributed by atoms with Gasteiger partial charge in [0.1, 0.15) is 5.75 Å².